The van der Waals surface area contributed by atoms with Crippen LogP contribution in [0.15, 0.2) is 24.3 Å². The van der Waals surface area contributed by atoms with E-state index in [0.29, 0.717) is 23.7 Å². The van der Waals surface area contributed by atoms with E-state index >= 15 is 0 Å². The van der Waals surface area contributed by atoms with Crippen molar-refractivity contribution in [1.82, 2.24) is 5.32 Å². The van der Waals surface area contributed by atoms with Crippen molar-refractivity contribution >= 4 is 23.5 Å². The molecule has 0 fully saturated rings. The van der Waals surface area contributed by atoms with Gasteiger partial charge in [-0.3, -0.25) is 9.59 Å². The second kappa shape index (κ2) is 8.52. The van der Waals surface area contributed by atoms with Crippen LogP contribution in [0.1, 0.15) is 26.7 Å². The molecule has 2 unspecified atom stereocenters. The molecule has 2 N–H and O–H groups in total. The number of carboxylic acids is 1. The molecule has 0 spiro atoms. The van der Waals surface area contributed by atoms with Gasteiger partial charge in [-0.15, -0.1) is 0 Å². The maximum atomic E-state index is 12.1. The molecule has 0 aliphatic heterocycles. The third-order valence-electron chi connectivity index (χ3n) is 2.92. The number of para-hydroxylation sites is 1. The molecular weight excluding hydrogens is 294 g/mol. The lowest BCUT2D eigenvalue weighted by molar-refractivity contribution is -0.138. The van der Waals surface area contributed by atoms with E-state index in [0.717, 1.165) is 0 Å². The van der Waals surface area contributed by atoms with Gasteiger partial charge in [-0.05, 0) is 24.5 Å². The van der Waals surface area contributed by atoms with E-state index in [1.165, 1.54) is 0 Å². The second-order valence-corrected chi connectivity index (χ2v) is 5.30. The summed E-state index contributed by atoms with van der Waals surface area (Å²) in [5, 5.41) is 11.8. The number of nitrogens with one attached hydrogen (secondary N) is 1. The Hall–Kier alpha value is -1.75. The van der Waals surface area contributed by atoms with Crippen LogP contribution in [0.2, 0.25) is 5.02 Å². The highest BCUT2D eigenvalue weighted by atomic mass is 35.5. The van der Waals surface area contributed by atoms with E-state index in [1.807, 2.05) is 6.92 Å². The van der Waals surface area contributed by atoms with Crippen LogP contribution >= 0.6 is 11.6 Å². The summed E-state index contributed by atoms with van der Waals surface area (Å²) in [6.07, 6.45) is -0.144. The number of hydrogen-bond acceptors (Lipinski definition) is 3. The quantitative estimate of drug-likeness (QED) is 0.773. The van der Waals surface area contributed by atoms with Gasteiger partial charge in [0.25, 0.3) is 5.91 Å². The van der Waals surface area contributed by atoms with Crippen molar-refractivity contribution in [2.24, 2.45) is 5.92 Å². The standard InChI is InChI=1S/C15H20ClNO4/c1-3-12(21-13-7-5-4-6-11(13)16)15(20)17-9-10(2)8-14(18)19/h4-7,10,12H,3,8-9H2,1-2H3,(H,17,20)(H,18,19). The first kappa shape index (κ1) is 17.3. The van der Waals surface area contributed by atoms with Gasteiger partial charge in [-0.2, -0.15) is 0 Å². The van der Waals surface area contributed by atoms with Gasteiger partial charge in [-0.1, -0.05) is 37.6 Å². The number of hydrogen-bond donors (Lipinski definition) is 2. The maximum absolute atomic E-state index is 12.1. The van der Waals surface area contributed by atoms with Gasteiger partial charge in [0.1, 0.15) is 5.75 Å². The highest BCUT2D eigenvalue weighted by molar-refractivity contribution is 6.32. The monoisotopic (exact) mass is 313 g/mol. The summed E-state index contributed by atoms with van der Waals surface area (Å²) < 4.78 is 5.61. The minimum atomic E-state index is -0.879. The molecule has 5 nitrogen and oxygen atoms in total. The summed E-state index contributed by atoms with van der Waals surface area (Å²) in [7, 11) is 0. The minimum Gasteiger partial charge on any atom is -0.481 e. The van der Waals surface area contributed by atoms with Gasteiger partial charge in [-0.25, -0.2) is 0 Å². The van der Waals surface area contributed by atoms with Gasteiger partial charge in [0.2, 0.25) is 0 Å². The molecular formula is C15H20ClNO4. The average Bonchev–Trinajstić information content (AvgIpc) is 2.43. The molecule has 0 aromatic heterocycles. The molecule has 1 aromatic rings. The summed E-state index contributed by atoms with van der Waals surface area (Å²) in [6, 6.07) is 6.95. The Morgan fingerprint density at radius 2 is 2.05 bits per heavy atom. The van der Waals surface area contributed by atoms with Crippen LogP contribution < -0.4 is 10.1 Å². The molecule has 0 heterocycles. The fraction of sp³-hybridized carbons (Fsp3) is 0.467. The number of halogens is 1. The van der Waals surface area contributed by atoms with E-state index < -0.39 is 12.1 Å². The molecule has 0 saturated heterocycles. The average molecular weight is 314 g/mol. The fourth-order valence-corrected chi connectivity index (χ4v) is 1.96. The Morgan fingerprint density at radius 3 is 2.62 bits per heavy atom. The van der Waals surface area contributed by atoms with Crippen molar-refractivity contribution in [2.75, 3.05) is 6.54 Å². The lowest BCUT2D eigenvalue weighted by atomic mass is 10.1. The number of ether oxygens (including phenoxy) is 1. The van der Waals surface area contributed by atoms with Gasteiger partial charge >= 0.3 is 5.97 Å². The Morgan fingerprint density at radius 1 is 1.38 bits per heavy atom. The normalized spacial score (nSPS) is 13.3. The lowest BCUT2D eigenvalue weighted by Gasteiger charge is -2.19. The van der Waals surface area contributed by atoms with E-state index in [9.17, 15) is 9.59 Å². The Kier molecular flexibility index (Phi) is 7.02. The number of benzene rings is 1. The largest absolute Gasteiger partial charge is 0.481 e. The zero-order valence-corrected chi connectivity index (χ0v) is 12.9. The molecule has 6 heteroatoms. The van der Waals surface area contributed by atoms with E-state index in [4.69, 9.17) is 21.4 Å². The molecule has 1 aromatic carbocycles. The van der Waals surface area contributed by atoms with Gasteiger partial charge < -0.3 is 15.2 Å². The Labute approximate surface area is 129 Å². The number of carbonyl (C=O) groups is 2. The predicted molar refractivity (Wildman–Crippen MR) is 80.6 cm³/mol. The second-order valence-electron chi connectivity index (χ2n) is 4.89. The van der Waals surface area contributed by atoms with Crippen molar-refractivity contribution in [3.05, 3.63) is 29.3 Å². The van der Waals surface area contributed by atoms with Crippen LogP contribution in [0.25, 0.3) is 0 Å². The Balaban J connectivity index is 2.54. The number of rotatable bonds is 8. The lowest BCUT2D eigenvalue weighted by Crippen LogP contribution is -2.40. The molecule has 116 valence electrons. The molecule has 0 aliphatic carbocycles. The molecule has 21 heavy (non-hydrogen) atoms. The summed E-state index contributed by atoms with van der Waals surface area (Å²) in [5.74, 6) is -0.824. The predicted octanol–water partition coefficient (Wildman–Crippen LogP) is 2.72. The van der Waals surface area contributed by atoms with E-state index in [2.05, 4.69) is 5.32 Å². The van der Waals surface area contributed by atoms with Crippen LogP contribution in [-0.4, -0.2) is 29.6 Å². The molecule has 0 aliphatic rings. The first-order valence-electron chi connectivity index (χ1n) is 6.84. The first-order valence-corrected chi connectivity index (χ1v) is 7.22. The van der Waals surface area contributed by atoms with Crippen LogP contribution in [0.5, 0.6) is 5.75 Å². The molecule has 1 rings (SSSR count). The number of amides is 1. The SMILES string of the molecule is CCC(Oc1ccccc1Cl)C(=O)NCC(C)CC(=O)O. The summed E-state index contributed by atoms with van der Waals surface area (Å²) >= 11 is 5.99. The molecule has 0 radical (unpaired) electrons. The van der Waals surface area contributed by atoms with Gasteiger partial charge in [0.15, 0.2) is 6.10 Å². The third kappa shape index (κ3) is 6.04. The van der Waals surface area contributed by atoms with Crippen LogP contribution in [0.4, 0.5) is 0 Å². The number of carboxylic acid groups (broad SMARTS) is 1. The molecule has 1 amide bonds. The molecule has 0 bridgehead atoms. The zero-order chi connectivity index (χ0) is 15.8. The number of aliphatic carboxylic acids is 1. The summed E-state index contributed by atoms with van der Waals surface area (Å²) in [6.45, 7) is 3.90. The Bertz CT molecular complexity index is 492. The topological polar surface area (TPSA) is 75.6 Å². The minimum absolute atomic E-state index is 0.0163. The first-order chi connectivity index (χ1) is 9.93. The summed E-state index contributed by atoms with van der Waals surface area (Å²) in [4.78, 5) is 22.6. The number of carbonyl (C=O) groups excluding carboxylic acids is 1. The molecule has 0 saturated carbocycles. The van der Waals surface area contributed by atoms with E-state index in [1.54, 1.807) is 31.2 Å². The van der Waals surface area contributed by atoms with Crippen LogP contribution in [-0.2, 0) is 9.59 Å². The van der Waals surface area contributed by atoms with Crippen molar-refractivity contribution in [3.63, 3.8) is 0 Å². The van der Waals surface area contributed by atoms with Gasteiger partial charge in [0, 0.05) is 13.0 Å². The highest BCUT2D eigenvalue weighted by Crippen LogP contribution is 2.24. The highest BCUT2D eigenvalue weighted by Gasteiger charge is 2.20. The van der Waals surface area contributed by atoms with Crippen LogP contribution in [0, 0.1) is 5.92 Å². The molecule has 2 atom stereocenters. The van der Waals surface area contributed by atoms with Crippen molar-refractivity contribution in [1.29, 1.82) is 0 Å². The van der Waals surface area contributed by atoms with Crippen molar-refractivity contribution in [3.8, 4) is 5.75 Å². The summed E-state index contributed by atoms with van der Waals surface area (Å²) in [5.41, 5.74) is 0. The van der Waals surface area contributed by atoms with E-state index in [-0.39, 0.29) is 18.2 Å². The van der Waals surface area contributed by atoms with Crippen molar-refractivity contribution < 1.29 is 19.4 Å². The van der Waals surface area contributed by atoms with Crippen LogP contribution in [0.3, 0.4) is 0 Å². The van der Waals surface area contributed by atoms with Gasteiger partial charge in [0.05, 0.1) is 5.02 Å². The maximum Gasteiger partial charge on any atom is 0.303 e. The zero-order valence-electron chi connectivity index (χ0n) is 12.1. The third-order valence-corrected chi connectivity index (χ3v) is 3.23. The smallest absolute Gasteiger partial charge is 0.303 e. The van der Waals surface area contributed by atoms with Crippen molar-refractivity contribution in [2.45, 2.75) is 32.8 Å². The fourth-order valence-electron chi connectivity index (χ4n) is 1.77.